The fourth-order valence-electron chi connectivity index (χ4n) is 2.87. The summed E-state index contributed by atoms with van der Waals surface area (Å²) < 4.78 is 10.6. The minimum Gasteiger partial charge on any atom is -0.497 e. The number of carbonyl (C=O) groups is 2. The maximum absolute atomic E-state index is 12.7. The second kappa shape index (κ2) is 8.77. The number of methoxy groups -OCH3 is 2. The lowest BCUT2D eigenvalue weighted by Gasteiger charge is -2.12. The topological polar surface area (TPSA) is 55.8 Å². The van der Waals surface area contributed by atoms with Gasteiger partial charge in [0.1, 0.15) is 11.5 Å². The summed E-state index contributed by atoms with van der Waals surface area (Å²) in [6, 6.07) is 15.4. The van der Waals surface area contributed by atoms with Crippen molar-refractivity contribution in [2.45, 2.75) is 12.8 Å². The molecule has 2 amide bonds. The van der Waals surface area contributed by atoms with Gasteiger partial charge in [-0.05, 0) is 54.4 Å². The monoisotopic (exact) mass is 383 g/mol. The van der Waals surface area contributed by atoms with Crippen molar-refractivity contribution in [1.82, 2.24) is 4.90 Å². The van der Waals surface area contributed by atoms with Crippen molar-refractivity contribution in [2.24, 2.45) is 0 Å². The summed E-state index contributed by atoms with van der Waals surface area (Å²) in [6.07, 6.45) is 3.24. The summed E-state index contributed by atoms with van der Waals surface area (Å²) >= 11 is 0.958. The predicted molar refractivity (Wildman–Crippen MR) is 107 cm³/mol. The van der Waals surface area contributed by atoms with Crippen LogP contribution >= 0.6 is 11.8 Å². The Hall–Kier alpha value is -2.73. The third-order valence-electron chi connectivity index (χ3n) is 4.29. The molecule has 1 aliphatic rings. The van der Waals surface area contributed by atoms with Crippen LogP contribution in [0.4, 0.5) is 4.79 Å². The van der Waals surface area contributed by atoms with E-state index in [0.29, 0.717) is 28.5 Å². The summed E-state index contributed by atoms with van der Waals surface area (Å²) in [7, 11) is 3.14. The standard InChI is InChI=1S/C21H21NO4S/c1-25-17-10-11-18(26-2)16(13-17)14-19-20(23)22(21(24)27-19)12-6-9-15-7-4-3-5-8-15/h3-5,7-8,10-11,13-14H,6,9,12H2,1-2H3/b19-14-. The van der Waals surface area contributed by atoms with E-state index in [9.17, 15) is 9.59 Å². The third kappa shape index (κ3) is 4.52. The van der Waals surface area contributed by atoms with Gasteiger partial charge in [-0.2, -0.15) is 0 Å². The van der Waals surface area contributed by atoms with Gasteiger partial charge in [-0.15, -0.1) is 0 Å². The number of nitrogens with zero attached hydrogens (tertiary/aromatic N) is 1. The molecular weight excluding hydrogens is 362 g/mol. The molecule has 1 saturated heterocycles. The fraction of sp³-hybridized carbons (Fsp3) is 0.238. The molecule has 0 saturated carbocycles. The van der Waals surface area contributed by atoms with Gasteiger partial charge in [0.25, 0.3) is 11.1 Å². The Morgan fingerprint density at radius 3 is 2.52 bits per heavy atom. The van der Waals surface area contributed by atoms with E-state index in [4.69, 9.17) is 9.47 Å². The lowest BCUT2D eigenvalue weighted by atomic mass is 10.1. The van der Waals surface area contributed by atoms with Gasteiger partial charge in [0.05, 0.1) is 19.1 Å². The van der Waals surface area contributed by atoms with Crippen molar-refractivity contribution in [3.8, 4) is 11.5 Å². The van der Waals surface area contributed by atoms with Crippen LogP contribution in [0.2, 0.25) is 0 Å². The van der Waals surface area contributed by atoms with Gasteiger partial charge in [0.2, 0.25) is 0 Å². The van der Waals surface area contributed by atoms with Crippen molar-refractivity contribution in [3.05, 3.63) is 64.6 Å². The number of imide groups is 1. The molecule has 5 nitrogen and oxygen atoms in total. The molecule has 6 heteroatoms. The van der Waals surface area contributed by atoms with Gasteiger partial charge in [-0.25, -0.2) is 0 Å². The molecule has 0 aromatic heterocycles. The molecule has 2 aromatic rings. The Balaban J connectivity index is 1.71. The van der Waals surface area contributed by atoms with Crippen molar-refractivity contribution in [2.75, 3.05) is 20.8 Å². The highest BCUT2D eigenvalue weighted by molar-refractivity contribution is 8.18. The zero-order valence-electron chi connectivity index (χ0n) is 15.3. The molecule has 27 heavy (non-hydrogen) atoms. The smallest absolute Gasteiger partial charge is 0.293 e. The van der Waals surface area contributed by atoms with Crippen LogP contribution in [0.25, 0.3) is 6.08 Å². The number of rotatable bonds is 7. The van der Waals surface area contributed by atoms with E-state index in [1.165, 1.54) is 10.5 Å². The van der Waals surface area contributed by atoms with Crippen LogP contribution in [0.15, 0.2) is 53.4 Å². The number of ether oxygens (including phenoxy) is 2. The summed E-state index contributed by atoms with van der Waals surface area (Å²) in [5.41, 5.74) is 1.90. The normalized spacial score (nSPS) is 15.5. The van der Waals surface area contributed by atoms with Gasteiger partial charge in [-0.3, -0.25) is 14.5 Å². The second-order valence-electron chi connectivity index (χ2n) is 6.03. The van der Waals surface area contributed by atoms with E-state index in [1.807, 2.05) is 30.3 Å². The number of aryl methyl sites for hydroxylation is 1. The van der Waals surface area contributed by atoms with Crippen molar-refractivity contribution in [1.29, 1.82) is 0 Å². The van der Waals surface area contributed by atoms with Gasteiger partial charge < -0.3 is 9.47 Å². The highest BCUT2D eigenvalue weighted by Gasteiger charge is 2.34. The summed E-state index contributed by atoms with van der Waals surface area (Å²) in [4.78, 5) is 26.6. The largest absolute Gasteiger partial charge is 0.497 e. The van der Waals surface area contributed by atoms with E-state index in [-0.39, 0.29) is 11.1 Å². The number of thioether (sulfide) groups is 1. The fourth-order valence-corrected chi connectivity index (χ4v) is 3.73. The second-order valence-corrected chi connectivity index (χ2v) is 7.02. The zero-order chi connectivity index (χ0) is 19.2. The maximum atomic E-state index is 12.7. The Kier molecular flexibility index (Phi) is 6.19. The molecule has 0 spiro atoms. The number of hydrogen-bond donors (Lipinski definition) is 0. The molecule has 1 heterocycles. The number of hydrogen-bond acceptors (Lipinski definition) is 5. The number of carbonyl (C=O) groups excluding carboxylic acids is 2. The summed E-state index contributed by atoms with van der Waals surface area (Å²) in [5.74, 6) is 1.01. The first kappa shape index (κ1) is 19.0. The van der Waals surface area contributed by atoms with Gasteiger partial charge >= 0.3 is 0 Å². The van der Waals surface area contributed by atoms with E-state index >= 15 is 0 Å². The summed E-state index contributed by atoms with van der Waals surface area (Å²) in [5, 5.41) is -0.235. The quantitative estimate of drug-likeness (QED) is 0.665. The highest BCUT2D eigenvalue weighted by atomic mass is 32.2. The van der Waals surface area contributed by atoms with Gasteiger partial charge in [0.15, 0.2) is 0 Å². The SMILES string of the molecule is COc1ccc(OC)c(/C=C2\SC(=O)N(CCCc3ccccc3)C2=O)c1. The van der Waals surface area contributed by atoms with Crippen LogP contribution in [0, 0.1) is 0 Å². The average Bonchev–Trinajstić information content (AvgIpc) is 2.96. The Morgan fingerprint density at radius 2 is 1.81 bits per heavy atom. The molecule has 0 atom stereocenters. The zero-order valence-corrected chi connectivity index (χ0v) is 16.1. The van der Waals surface area contributed by atoms with E-state index in [0.717, 1.165) is 24.6 Å². The van der Waals surface area contributed by atoms with Crippen LogP contribution in [0.5, 0.6) is 11.5 Å². The van der Waals surface area contributed by atoms with Crippen LogP contribution < -0.4 is 9.47 Å². The van der Waals surface area contributed by atoms with E-state index < -0.39 is 0 Å². The predicted octanol–water partition coefficient (Wildman–Crippen LogP) is 4.37. The van der Waals surface area contributed by atoms with Crippen molar-refractivity contribution in [3.63, 3.8) is 0 Å². The third-order valence-corrected chi connectivity index (χ3v) is 5.19. The molecule has 140 valence electrons. The van der Waals surface area contributed by atoms with E-state index in [2.05, 4.69) is 0 Å². The Morgan fingerprint density at radius 1 is 1.04 bits per heavy atom. The molecule has 1 fully saturated rings. The van der Waals surface area contributed by atoms with E-state index in [1.54, 1.807) is 38.5 Å². The lowest BCUT2D eigenvalue weighted by molar-refractivity contribution is -0.122. The molecular formula is C21H21NO4S. The van der Waals surface area contributed by atoms with Crippen LogP contribution in [0.3, 0.4) is 0 Å². The number of amides is 2. The molecule has 0 unspecified atom stereocenters. The molecule has 0 radical (unpaired) electrons. The lowest BCUT2D eigenvalue weighted by Crippen LogP contribution is -2.29. The van der Waals surface area contributed by atoms with Crippen molar-refractivity contribution < 1.29 is 19.1 Å². The highest BCUT2D eigenvalue weighted by Crippen LogP contribution is 2.35. The van der Waals surface area contributed by atoms with Crippen molar-refractivity contribution >= 4 is 29.0 Å². The Bertz CT molecular complexity index is 864. The molecule has 0 bridgehead atoms. The van der Waals surface area contributed by atoms with Crippen LogP contribution in [-0.2, 0) is 11.2 Å². The number of benzene rings is 2. The molecule has 2 aromatic carbocycles. The van der Waals surface area contributed by atoms with Crippen LogP contribution in [0.1, 0.15) is 17.5 Å². The van der Waals surface area contributed by atoms with Gasteiger partial charge in [0, 0.05) is 12.1 Å². The minimum absolute atomic E-state index is 0.235. The molecule has 3 rings (SSSR count). The summed E-state index contributed by atoms with van der Waals surface area (Å²) in [6.45, 7) is 0.409. The van der Waals surface area contributed by atoms with Crippen LogP contribution in [-0.4, -0.2) is 36.8 Å². The molecule has 1 aliphatic heterocycles. The average molecular weight is 383 g/mol. The van der Waals surface area contributed by atoms with Gasteiger partial charge in [-0.1, -0.05) is 30.3 Å². The molecule has 0 N–H and O–H groups in total. The Labute approximate surface area is 163 Å². The molecule has 0 aliphatic carbocycles. The first-order valence-corrected chi connectivity index (χ1v) is 9.45. The first-order valence-electron chi connectivity index (χ1n) is 8.63. The maximum Gasteiger partial charge on any atom is 0.293 e. The minimum atomic E-state index is -0.261. The first-order chi connectivity index (χ1) is 13.1.